The molecule has 108 valence electrons. The van der Waals surface area contributed by atoms with E-state index >= 15 is 0 Å². The van der Waals surface area contributed by atoms with Crippen molar-refractivity contribution in [3.63, 3.8) is 0 Å². The Morgan fingerprint density at radius 2 is 1.65 bits per heavy atom. The molecule has 8 heteroatoms. The van der Waals surface area contributed by atoms with Crippen LogP contribution >= 0.6 is 0 Å². The SMILES string of the molecule is C#Cc1ccc(C(C(F)(F)F)C(F)(F)F)c(C(=O)O)c1. The summed E-state index contributed by atoms with van der Waals surface area (Å²) in [6, 6.07) is 1.86. The van der Waals surface area contributed by atoms with E-state index in [9.17, 15) is 31.1 Å². The predicted octanol–water partition coefficient (Wildman–Crippen LogP) is 3.57. The third-order valence-electron chi connectivity index (χ3n) is 2.42. The summed E-state index contributed by atoms with van der Waals surface area (Å²) in [4.78, 5) is 10.8. The number of hydrogen-bond donors (Lipinski definition) is 1. The summed E-state index contributed by atoms with van der Waals surface area (Å²) >= 11 is 0. The van der Waals surface area contributed by atoms with Crippen LogP contribution in [0.2, 0.25) is 0 Å². The maximum atomic E-state index is 12.6. The van der Waals surface area contributed by atoms with Gasteiger partial charge < -0.3 is 5.11 Å². The number of alkyl halides is 6. The van der Waals surface area contributed by atoms with E-state index in [1.165, 1.54) is 0 Å². The maximum absolute atomic E-state index is 12.6. The second-order valence-corrected chi connectivity index (χ2v) is 3.77. The fourth-order valence-corrected chi connectivity index (χ4v) is 1.62. The molecule has 0 bridgehead atoms. The van der Waals surface area contributed by atoms with Crippen molar-refractivity contribution in [1.82, 2.24) is 0 Å². The van der Waals surface area contributed by atoms with Crippen LogP contribution in [-0.4, -0.2) is 23.4 Å². The molecule has 0 aromatic heterocycles. The molecule has 20 heavy (non-hydrogen) atoms. The standard InChI is InChI=1S/C12H6F6O2/c1-2-6-3-4-7(8(5-6)10(19)20)9(11(13,14)15)12(16,17)18/h1,3-5,9H,(H,19,20). The van der Waals surface area contributed by atoms with Crippen molar-refractivity contribution in [2.24, 2.45) is 0 Å². The molecule has 0 spiro atoms. The molecule has 2 nitrogen and oxygen atoms in total. The average Bonchev–Trinajstić information content (AvgIpc) is 2.25. The quantitative estimate of drug-likeness (QED) is 0.669. The van der Waals surface area contributed by atoms with Gasteiger partial charge in [-0.3, -0.25) is 0 Å². The topological polar surface area (TPSA) is 37.3 Å². The molecule has 0 aliphatic rings. The molecule has 1 aromatic carbocycles. The number of carboxylic acid groups (broad SMARTS) is 1. The van der Waals surface area contributed by atoms with Gasteiger partial charge in [-0.15, -0.1) is 6.42 Å². The molecule has 0 atom stereocenters. The first-order valence-corrected chi connectivity index (χ1v) is 4.95. The number of carbonyl (C=O) groups is 1. The normalized spacial score (nSPS) is 12.3. The van der Waals surface area contributed by atoms with Gasteiger partial charge in [0, 0.05) is 5.56 Å². The van der Waals surface area contributed by atoms with Crippen molar-refractivity contribution in [2.75, 3.05) is 0 Å². The van der Waals surface area contributed by atoms with Gasteiger partial charge in [-0.2, -0.15) is 26.3 Å². The Bertz CT molecular complexity index is 551. The number of aromatic carboxylic acids is 1. The Morgan fingerprint density at radius 3 is 2.00 bits per heavy atom. The highest BCUT2D eigenvalue weighted by molar-refractivity contribution is 5.90. The summed E-state index contributed by atoms with van der Waals surface area (Å²) in [5.74, 6) is -3.86. The van der Waals surface area contributed by atoms with Crippen LogP contribution in [0.5, 0.6) is 0 Å². The first-order chi connectivity index (χ1) is 8.98. The number of terminal acetylenes is 1. The number of halogens is 6. The minimum atomic E-state index is -5.67. The molecule has 0 fully saturated rings. The first kappa shape index (κ1) is 15.9. The van der Waals surface area contributed by atoms with Gasteiger partial charge in [0.1, 0.15) is 0 Å². The van der Waals surface area contributed by atoms with Crippen molar-refractivity contribution in [2.45, 2.75) is 18.3 Å². The Kier molecular flexibility index (Phi) is 4.03. The van der Waals surface area contributed by atoms with Crippen molar-refractivity contribution in [3.05, 3.63) is 34.9 Å². The van der Waals surface area contributed by atoms with Crippen molar-refractivity contribution >= 4 is 5.97 Å². The average molecular weight is 296 g/mol. The van der Waals surface area contributed by atoms with Crippen LogP contribution in [0.4, 0.5) is 26.3 Å². The molecule has 1 aromatic rings. The highest BCUT2D eigenvalue weighted by atomic mass is 19.4. The van der Waals surface area contributed by atoms with Crippen LogP contribution in [0.1, 0.15) is 27.4 Å². The van der Waals surface area contributed by atoms with Gasteiger partial charge in [0.25, 0.3) is 0 Å². The molecule has 0 radical (unpaired) electrons. The minimum absolute atomic E-state index is 0.130. The lowest BCUT2D eigenvalue weighted by Crippen LogP contribution is -2.35. The van der Waals surface area contributed by atoms with E-state index < -0.39 is 35.4 Å². The van der Waals surface area contributed by atoms with E-state index in [0.29, 0.717) is 12.1 Å². The summed E-state index contributed by atoms with van der Waals surface area (Å²) in [6.45, 7) is 0. The minimum Gasteiger partial charge on any atom is -0.478 e. The van der Waals surface area contributed by atoms with Crippen molar-refractivity contribution < 1.29 is 36.2 Å². The van der Waals surface area contributed by atoms with Crippen LogP contribution in [0, 0.1) is 12.3 Å². The predicted molar refractivity (Wildman–Crippen MR) is 56.2 cm³/mol. The highest BCUT2D eigenvalue weighted by Gasteiger charge is 2.58. The fourth-order valence-electron chi connectivity index (χ4n) is 1.62. The van der Waals surface area contributed by atoms with Crippen molar-refractivity contribution in [3.8, 4) is 12.3 Å². The molecule has 0 aliphatic carbocycles. The summed E-state index contributed by atoms with van der Waals surface area (Å²) < 4.78 is 75.4. The largest absolute Gasteiger partial charge is 0.478 e. The summed E-state index contributed by atoms with van der Waals surface area (Å²) in [5, 5.41) is 8.76. The van der Waals surface area contributed by atoms with E-state index in [2.05, 4.69) is 0 Å². The van der Waals surface area contributed by atoms with Gasteiger partial charge in [-0.25, -0.2) is 4.79 Å². The fraction of sp³-hybridized carbons (Fsp3) is 0.250. The summed E-state index contributed by atoms with van der Waals surface area (Å²) in [6.07, 6.45) is -6.40. The van der Waals surface area contributed by atoms with Crippen LogP contribution in [0.15, 0.2) is 18.2 Å². The lowest BCUT2D eigenvalue weighted by atomic mass is 9.91. The molecule has 0 aliphatic heterocycles. The van der Waals surface area contributed by atoms with Crippen molar-refractivity contribution in [1.29, 1.82) is 0 Å². The molecule has 0 heterocycles. The zero-order chi connectivity index (χ0) is 15.7. The van der Waals surface area contributed by atoms with Crippen LogP contribution in [0.3, 0.4) is 0 Å². The lowest BCUT2D eigenvalue weighted by Gasteiger charge is -2.24. The smallest absolute Gasteiger partial charge is 0.404 e. The highest BCUT2D eigenvalue weighted by Crippen LogP contribution is 2.47. The second kappa shape index (κ2) is 5.07. The van der Waals surface area contributed by atoms with Crippen LogP contribution < -0.4 is 0 Å². The third-order valence-corrected chi connectivity index (χ3v) is 2.42. The molecular weight excluding hydrogens is 290 g/mol. The number of carboxylic acids is 1. The first-order valence-electron chi connectivity index (χ1n) is 4.95. The van der Waals surface area contributed by atoms with Crippen LogP contribution in [0.25, 0.3) is 0 Å². The third kappa shape index (κ3) is 3.23. The Balaban J connectivity index is 3.58. The summed E-state index contributed by atoms with van der Waals surface area (Å²) in [7, 11) is 0. The van der Waals surface area contributed by atoms with Gasteiger partial charge in [0.15, 0.2) is 5.92 Å². The van der Waals surface area contributed by atoms with Gasteiger partial charge in [0.05, 0.1) is 5.56 Å². The van der Waals surface area contributed by atoms with E-state index in [4.69, 9.17) is 11.5 Å². The molecule has 0 amide bonds. The summed E-state index contributed by atoms with van der Waals surface area (Å²) in [5.41, 5.74) is -2.65. The van der Waals surface area contributed by atoms with E-state index in [-0.39, 0.29) is 5.56 Å². The molecule has 1 rings (SSSR count). The van der Waals surface area contributed by atoms with E-state index in [1.807, 2.05) is 5.92 Å². The molecule has 0 saturated heterocycles. The zero-order valence-corrected chi connectivity index (χ0v) is 9.51. The molecular formula is C12H6F6O2. The van der Waals surface area contributed by atoms with Gasteiger partial charge >= 0.3 is 18.3 Å². The zero-order valence-electron chi connectivity index (χ0n) is 9.51. The van der Waals surface area contributed by atoms with Gasteiger partial charge in [-0.1, -0.05) is 12.0 Å². The number of benzene rings is 1. The maximum Gasteiger partial charge on any atom is 0.404 e. The monoisotopic (exact) mass is 296 g/mol. The Hall–Kier alpha value is -2.17. The van der Waals surface area contributed by atoms with E-state index in [0.717, 1.165) is 6.07 Å². The van der Waals surface area contributed by atoms with Crippen LogP contribution in [-0.2, 0) is 0 Å². The molecule has 0 saturated carbocycles. The van der Waals surface area contributed by atoms with Gasteiger partial charge in [-0.05, 0) is 17.7 Å². The Labute approximate surface area is 109 Å². The second-order valence-electron chi connectivity index (χ2n) is 3.77. The molecule has 0 unspecified atom stereocenters. The Morgan fingerprint density at radius 1 is 1.15 bits per heavy atom. The number of rotatable bonds is 2. The number of hydrogen-bond acceptors (Lipinski definition) is 1. The lowest BCUT2D eigenvalue weighted by molar-refractivity contribution is -0.253. The van der Waals surface area contributed by atoms with E-state index in [1.54, 1.807) is 0 Å². The van der Waals surface area contributed by atoms with Gasteiger partial charge in [0.2, 0.25) is 0 Å². The molecule has 1 N–H and O–H groups in total.